The summed E-state index contributed by atoms with van der Waals surface area (Å²) in [7, 11) is 0. The van der Waals surface area contributed by atoms with Crippen molar-refractivity contribution >= 4 is 0 Å². The fourth-order valence-corrected chi connectivity index (χ4v) is 1.78. The molecule has 19 heavy (non-hydrogen) atoms. The third-order valence-electron chi connectivity index (χ3n) is 2.64. The van der Waals surface area contributed by atoms with Gasteiger partial charge < -0.3 is 9.84 Å². The van der Waals surface area contributed by atoms with E-state index in [0.29, 0.717) is 5.56 Å². The molecule has 0 amide bonds. The van der Waals surface area contributed by atoms with Gasteiger partial charge in [0.15, 0.2) is 11.5 Å². The molecule has 0 unspecified atom stereocenters. The van der Waals surface area contributed by atoms with Gasteiger partial charge >= 0.3 is 6.36 Å². The highest BCUT2D eigenvalue weighted by atomic mass is 19.4. The van der Waals surface area contributed by atoms with Gasteiger partial charge in [0.1, 0.15) is 0 Å². The Balaban J connectivity index is 2.44. The van der Waals surface area contributed by atoms with E-state index in [2.05, 4.69) is 4.74 Å². The summed E-state index contributed by atoms with van der Waals surface area (Å²) in [4.78, 5) is 0. The molecular formula is C14H11F3O2. The Morgan fingerprint density at radius 1 is 1.05 bits per heavy atom. The predicted molar refractivity (Wildman–Crippen MR) is 65.0 cm³/mol. The standard InChI is InChI=1S/C14H11F3O2/c1-9-4-2-3-5-11(9)10-6-7-12(18)13(8-10)19-14(15,16)17/h2-8,18H,1H3. The summed E-state index contributed by atoms with van der Waals surface area (Å²) < 4.78 is 40.4. The van der Waals surface area contributed by atoms with Crippen LogP contribution in [0.3, 0.4) is 0 Å². The van der Waals surface area contributed by atoms with Gasteiger partial charge in [-0.3, -0.25) is 0 Å². The molecule has 0 aliphatic rings. The number of aryl methyl sites for hydroxylation is 1. The van der Waals surface area contributed by atoms with E-state index in [1.54, 1.807) is 18.2 Å². The largest absolute Gasteiger partial charge is 0.573 e. The molecule has 0 aromatic heterocycles. The van der Waals surface area contributed by atoms with Crippen LogP contribution >= 0.6 is 0 Å². The first-order chi connectivity index (χ1) is 8.87. The number of alkyl halides is 3. The van der Waals surface area contributed by atoms with Crippen LogP contribution < -0.4 is 4.74 Å². The Kier molecular flexibility index (Phi) is 3.38. The van der Waals surface area contributed by atoms with Crippen molar-refractivity contribution in [2.45, 2.75) is 13.3 Å². The van der Waals surface area contributed by atoms with Crippen LogP contribution in [0.25, 0.3) is 11.1 Å². The first-order valence-electron chi connectivity index (χ1n) is 5.51. The molecule has 0 spiro atoms. The lowest BCUT2D eigenvalue weighted by atomic mass is 10.0. The minimum absolute atomic E-state index is 0.547. The van der Waals surface area contributed by atoms with Crippen LogP contribution in [0.1, 0.15) is 5.56 Å². The quantitative estimate of drug-likeness (QED) is 0.881. The molecule has 2 nitrogen and oxygen atoms in total. The Hall–Kier alpha value is -2.17. The summed E-state index contributed by atoms with van der Waals surface area (Å²) in [6.45, 7) is 1.85. The maximum absolute atomic E-state index is 12.2. The van der Waals surface area contributed by atoms with Crippen molar-refractivity contribution in [3.05, 3.63) is 48.0 Å². The van der Waals surface area contributed by atoms with Crippen LogP contribution in [0.5, 0.6) is 11.5 Å². The van der Waals surface area contributed by atoms with Crippen LogP contribution in [0, 0.1) is 6.92 Å². The van der Waals surface area contributed by atoms with Gasteiger partial charge in [0.05, 0.1) is 0 Å². The predicted octanol–water partition coefficient (Wildman–Crippen LogP) is 4.27. The minimum Gasteiger partial charge on any atom is -0.504 e. The molecule has 2 aromatic carbocycles. The summed E-state index contributed by atoms with van der Waals surface area (Å²) >= 11 is 0. The van der Waals surface area contributed by atoms with Crippen molar-refractivity contribution in [1.29, 1.82) is 0 Å². The van der Waals surface area contributed by atoms with Gasteiger partial charge in [-0.05, 0) is 35.7 Å². The van der Waals surface area contributed by atoms with Gasteiger partial charge in [-0.25, -0.2) is 0 Å². The second-order valence-corrected chi connectivity index (χ2v) is 4.05. The molecule has 2 rings (SSSR count). The average molecular weight is 268 g/mol. The lowest BCUT2D eigenvalue weighted by Gasteiger charge is -2.12. The van der Waals surface area contributed by atoms with Crippen molar-refractivity contribution in [3.63, 3.8) is 0 Å². The fourth-order valence-electron chi connectivity index (χ4n) is 1.78. The number of benzene rings is 2. The molecule has 1 N–H and O–H groups in total. The molecule has 0 heterocycles. The fraction of sp³-hybridized carbons (Fsp3) is 0.143. The number of aromatic hydroxyl groups is 1. The second-order valence-electron chi connectivity index (χ2n) is 4.05. The van der Waals surface area contributed by atoms with Crippen LogP contribution in [-0.4, -0.2) is 11.5 Å². The second kappa shape index (κ2) is 4.84. The SMILES string of the molecule is Cc1ccccc1-c1ccc(O)c(OC(F)(F)F)c1. The lowest BCUT2D eigenvalue weighted by molar-refractivity contribution is -0.275. The zero-order valence-electron chi connectivity index (χ0n) is 10.0. The molecule has 0 saturated heterocycles. The molecule has 0 aliphatic heterocycles. The Bertz CT molecular complexity index is 591. The average Bonchev–Trinajstić information content (AvgIpc) is 2.31. The van der Waals surface area contributed by atoms with E-state index in [1.807, 2.05) is 19.1 Å². The third kappa shape index (κ3) is 3.19. The van der Waals surface area contributed by atoms with E-state index < -0.39 is 17.9 Å². The lowest BCUT2D eigenvalue weighted by Crippen LogP contribution is -2.17. The van der Waals surface area contributed by atoms with Crippen LogP contribution in [0.15, 0.2) is 42.5 Å². The van der Waals surface area contributed by atoms with E-state index in [0.717, 1.165) is 11.1 Å². The van der Waals surface area contributed by atoms with Crippen molar-refractivity contribution in [1.82, 2.24) is 0 Å². The Labute approximate surface area is 108 Å². The van der Waals surface area contributed by atoms with Gasteiger partial charge in [0, 0.05) is 0 Å². The van der Waals surface area contributed by atoms with E-state index in [9.17, 15) is 18.3 Å². The summed E-state index contributed by atoms with van der Waals surface area (Å²) in [5.41, 5.74) is 2.26. The maximum Gasteiger partial charge on any atom is 0.573 e. The molecule has 2 aromatic rings. The number of ether oxygens (including phenoxy) is 1. The number of halogens is 3. The number of phenolic OH excluding ortho intramolecular Hbond substituents is 1. The van der Waals surface area contributed by atoms with Crippen molar-refractivity contribution < 1.29 is 23.0 Å². The topological polar surface area (TPSA) is 29.5 Å². The summed E-state index contributed by atoms with van der Waals surface area (Å²) in [6, 6.07) is 11.2. The summed E-state index contributed by atoms with van der Waals surface area (Å²) in [6.07, 6.45) is -4.83. The minimum atomic E-state index is -4.83. The van der Waals surface area contributed by atoms with E-state index in [1.165, 1.54) is 12.1 Å². The molecular weight excluding hydrogens is 257 g/mol. The maximum atomic E-state index is 12.2. The number of hydrogen-bond acceptors (Lipinski definition) is 2. The Morgan fingerprint density at radius 2 is 1.74 bits per heavy atom. The van der Waals surface area contributed by atoms with E-state index in [-0.39, 0.29) is 0 Å². The highest BCUT2D eigenvalue weighted by molar-refractivity contribution is 5.69. The van der Waals surface area contributed by atoms with Crippen molar-refractivity contribution in [2.24, 2.45) is 0 Å². The summed E-state index contributed by atoms with van der Waals surface area (Å²) in [5, 5.41) is 9.39. The first kappa shape index (κ1) is 13.3. The third-order valence-corrected chi connectivity index (χ3v) is 2.64. The molecule has 100 valence electrons. The molecule has 0 fully saturated rings. The number of rotatable bonds is 2. The number of phenols is 1. The molecule has 5 heteroatoms. The van der Waals surface area contributed by atoms with Gasteiger partial charge in [0.25, 0.3) is 0 Å². The van der Waals surface area contributed by atoms with E-state index in [4.69, 9.17) is 0 Å². The van der Waals surface area contributed by atoms with Crippen molar-refractivity contribution in [3.8, 4) is 22.6 Å². The monoisotopic (exact) mass is 268 g/mol. The van der Waals surface area contributed by atoms with Gasteiger partial charge in [-0.2, -0.15) is 0 Å². The normalized spacial score (nSPS) is 11.4. The first-order valence-corrected chi connectivity index (χ1v) is 5.51. The molecule has 0 atom stereocenters. The van der Waals surface area contributed by atoms with Crippen LogP contribution in [-0.2, 0) is 0 Å². The Morgan fingerprint density at radius 3 is 2.37 bits per heavy atom. The highest BCUT2D eigenvalue weighted by Gasteiger charge is 2.32. The van der Waals surface area contributed by atoms with Gasteiger partial charge in [0.2, 0.25) is 0 Å². The molecule has 0 bridgehead atoms. The molecule has 0 saturated carbocycles. The molecule has 0 radical (unpaired) electrons. The summed E-state index contributed by atoms with van der Waals surface area (Å²) in [5.74, 6) is -1.15. The van der Waals surface area contributed by atoms with Crippen LogP contribution in [0.4, 0.5) is 13.2 Å². The number of hydrogen-bond donors (Lipinski definition) is 1. The van der Waals surface area contributed by atoms with Crippen molar-refractivity contribution in [2.75, 3.05) is 0 Å². The van der Waals surface area contributed by atoms with Gasteiger partial charge in [-0.1, -0.05) is 30.3 Å². The highest BCUT2D eigenvalue weighted by Crippen LogP contribution is 2.35. The zero-order valence-corrected chi connectivity index (χ0v) is 10.0. The smallest absolute Gasteiger partial charge is 0.504 e. The van der Waals surface area contributed by atoms with Crippen LogP contribution in [0.2, 0.25) is 0 Å². The molecule has 0 aliphatic carbocycles. The zero-order chi connectivity index (χ0) is 14.0. The van der Waals surface area contributed by atoms with Gasteiger partial charge in [-0.15, -0.1) is 13.2 Å². The van der Waals surface area contributed by atoms with E-state index >= 15 is 0 Å².